The zero-order valence-electron chi connectivity index (χ0n) is 9.97. The van der Waals surface area contributed by atoms with Crippen LogP contribution in [-0.2, 0) is 6.42 Å². The van der Waals surface area contributed by atoms with Crippen LogP contribution in [0.3, 0.4) is 0 Å². The Hall–Kier alpha value is -2.20. The van der Waals surface area contributed by atoms with E-state index in [1.54, 1.807) is 30.6 Å². The Bertz CT molecular complexity index is 526. The monoisotopic (exact) mass is 241 g/mol. The summed E-state index contributed by atoms with van der Waals surface area (Å²) in [4.78, 5) is 16.1. The minimum Gasteiger partial charge on any atom is -0.330 e. The fraction of sp³-hybridized carbons (Fsp3) is 0.143. The molecule has 0 aliphatic heterocycles. The molecule has 0 saturated heterocycles. The molecule has 1 aromatic carbocycles. The lowest BCUT2D eigenvalue weighted by atomic mass is 10.0. The topological polar surface area (TPSA) is 68.0 Å². The number of nitrogens with one attached hydrogen (secondary N) is 1. The second-order valence-electron chi connectivity index (χ2n) is 3.89. The number of aromatic nitrogens is 1. The number of hydrogen-bond acceptors (Lipinski definition) is 3. The molecule has 18 heavy (non-hydrogen) atoms. The Balaban J connectivity index is 2.19. The van der Waals surface area contributed by atoms with Gasteiger partial charge in [0.05, 0.1) is 11.9 Å². The van der Waals surface area contributed by atoms with E-state index in [2.05, 4.69) is 10.3 Å². The average Bonchev–Trinajstić information content (AvgIpc) is 2.41. The van der Waals surface area contributed by atoms with Crippen LogP contribution >= 0.6 is 0 Å². The molecule has 0 radical (unpaired) electrons. The summed E-state index contributed by atoms with van der Waals surface area (Å²) in [6.07, 6.45) is 3.97. The largest absolute Gasteiger partial charge is 0.330 e. The lowest BCUT2D eigenvalue weighted by Gasteiger charge is -2.09. The summed E-state index contributed by atoms with van der Waals surface area (Å²) >= 11 is 0. The molecule has 1 heterocycles. The van der Waals surface area contributed by atoms with Crippen LogP contribution in [0.2, 0.25) is 0 Å². The first-order chi connectivity index (χ1) is 8.81. The van der Waals surface area contributed by atoms with Crippen molar-refractivity contribution in [1.29, 1.82) is 0 Å². The number of carbonyl (C=O) groups excluding carboxylic acids is 1. The normalized spacial score (nSPS) is 10.1. The lowest BCUT2D eigenvalue weighted by Crippen LogP contribution is -2.15. The third-order valence-electron chi connectivity index (χ3n) is 2.60. The van der Waals surface area contributed by atoms with Crippen molar-refractivity contribution >= 4 is 11.6 Å². The van der Waals surface area contributed by atoms with Crippen LogP contribution in [0.1, 0.15) is 15.9 Å². The Morgan fingerprint density at radius 1 is 1.22 bits per heavy atom. The van der Waals surface area contributed by atoms with E-state index < -0.39 is 0 Å². The zero-order chi connectivity index (χ0) is 12.8. The van der Waals surface area contributed by atoms with Crippen molar-refractivity contribution in [2.75, 3.05) is 11.9 Å². The van der Waals surface area contributed by atoms with E-state index in [0.717, 1.165) is 5.56 Å². The van der Waals surface area contributed by atoms with E-state index in [4.69, 9.17) is 5.73 Å². The van der Waals surface area contributed by atoms with Crippen LogP contribution < -0.4 is 11.1 Å². The molecule has 0 unspecified atom stereocenters. The predicted octanol–water partition coefficient (Wildman–Crippen LogP) is 1.84. The van der Waals surface area contributed by atoms with E-state index in [-0.39, 0.29) is 5.91 Å². The third kappa shape index (κ3) is 2.93. The molecule has 1 aromatic heterocycles. The van der Waals surface area contributed by atoms with Gasteiger partial charge in [-0.25, -0.2) is 0 Å². The van der Waals surface area contributed by atoms with Crippen molar-refractivity contribution in [3.63, 3.8) is 0 Å². The van der Waals surface area contributed by atoms with Gasteiger partial charge in [0.1, 0.15) is 0 Å². The van der Waals surface area contributed by atoms with Gasteiger partial charge >= 0.3 is 0 Å². The minimum absolute atomic E-state index is 0.132. The number of rotatable bonds is 4. The summed E-state index contributed by atoms with van der Waals surface area (Å²) in [6.45, 7) is 0.525. The van der Waals surface area contributed by atoms with Gasteiger partial charge in [0, 0.05) is 11.8 Å². The van der Waals surface area contributed by atoms with Crippen LogP contribution in [0.15, 0.2) is 48.8 Å². The highest BCUT2D eigenvalue weighted by Gasteiger charge is 2.10. The lowest BCUT2D eigenvalue weighted by molar-refractivity contribution is 0.102. The van der Waals surface area contributed by atoms with Crippen molar-refractivity contribution in [3.8, 4) is 0 Å². The molecule has 2 rings (SSSR count). The second-order valence-corrected chi connectivity index (χ2v) is 3.89. The van der Waals surface area contributed by atoms with E-state index >= 15 is 0 Å². The Labute approximate surface area is 106 Å². The molecular weight excluding hydrogens is 226 g/mol. The number of hydrogen-bond donors (Lipinski definition) is 2. The number of anilines is 1. The molecule has 2 aromatic rings. The van der Waals surface area contributed by atoms with Crippen LogP contribution in [0, 0.1) is 0 Å². The Morgan fingerprint density at radius 2 is 2.06 bits per heavy atom. The molecule has 3 N–H and O–H groups in total. The van der Waals surface area contributed by atoms with E-state index in [9.17, 15) is 4.79 Å². The molecule has 4 nitrogen and oxygen atoms in total. The highest BCUT2D eigenvalue weighted by Crippen LogP contribution is 2.12. The van der Waals surface area contributed by atoms with Crippen LogP contribution in [0.5, 0.6) is 0 Å². The molecule has 92 valence electrons. The molecule has 0 aliphatic carbocycles. The summed E-state index contributed by atoms with van der Waals surface area (Å²) in [5, 5.41) is 2.81. The van der Waals surface area contributed by atoms with E-state index in [0.29, 0.717) is 24.2 Å². The molecule has 0 spiro atoms. The summed E-state index contributed by atoms with van der Waals surface area (Å²) in [6, 6.07) is 11.1. The molecule has 1 amide bonds. The predicted molar refractivity (Wildman–Crippen MR) is 71.4 cm³/mol. The molecule has 0 atom stereocenters. The Morgan fingerprint density at radius 3 is 2.78 bits per heavy atom. The molecular formula is C14H15N3O. The van der Waals surface area contributed by atoms with Crippen molar-refractivity contribution in [2.24, 2.45) is 5.73 Å². The summed E-state index contributed by atoms with van der Waals surface area (Å²) in [5.74, 6) is -0.132. The number of amides is 1. The quantitative estimate of drug-likeness (QED) is 0.858. The maximum Gasteiger partial charge on any atom is 0.255 e. The standard InChI is InChI=1S/C14H15N3O/c15-8-7-11-4-1-2-6-13(11)14(18)17-12-5-3-9-16-10-12/h1-6,9-10H,7-8,15H2,(H,17,18). The summed E-state index contributed by atoms with van der Waals surface area (Å²) < 4.78 is 0. The van der Waals surface area contributed by atoms with E-state index in [1.807, 2.05) is 18.2 Å². The number of nitrogens with zero attached hydrogens (tertiary/aromatic N) is 1. The summed E-state index contributed by atoms with van der Waals surface area (Å²) in [5.41, 5.74) is 7.84. The van der Waals surface area contributed by atoms with Crippen LogP contribution in [-0.4, -0.2) is 17.4 Å². The van der Waals surface area contributed by atoms with Gasteiger partial charge in [-0.3, -0.25) is 9.78 Å². The number of pyridine rings is 1. The first-order valence-electron chi connectivity index (χ1n) is 5.80. The third-order valence-corrected chi connectivity index (χ3v) is 2.60. The zero-order valence-corrected chi connectivity index (χ0v) is 9.97. The second kappa shape index (κ2) is 5.93. The number of carbonyl (C=O) groups is 1. The van der Waals surface area contributed by atoms with Gasteiger partial charge in [0.25, 0.3) is 5.91 Å². The fourth-order valence-electron chi connectivity index (χ4n) is 1.75. The van der Waals surface area contributed by atoms with Gasteiger partial charge < -0.3 is 11.1 Å². The van der Waals surface area contributed by atoms with Crippen molar-refractivity contribution in [2.45, 2.75) is 6.42 Å². The maximum absolute atomic E-state index is 12.1. The van der Waals surface area contributed by atoms with Crippen molar-refractivity contribution in [3.05, 3.63) is 59.9 Å². The van der Waals surface area contributed by atoms with Crippen molar-refractivity contribution in [1.82, 2.24) is 4.98 Å². The van der Waals surface area contributed by atoms with Gasteiger partial charge in [0.15, 0.2) is 0 Å². The highest BCUT2D eigenvalue weighted by atomic mass is 16.1. The summed E-state index contributed by atoms with van der Waals surface area (Å²) in [7, 11) is 0. The number of benzene rings is 1. The SMILES string of the molecule is NCCc1ccccc1C(=O)Nc1cccnc1. The average molecular weight is 241 g/mol. The molecule has 0 fully saturated rings. The van der Waals surface area contributed by atoms with E-state index in [1.165, 1.54) is 0 Å². The first-order valence-corrected chi connectivity index (χ1v) is 5.80. The Kier molecular flexibility index (Phi) is 4.04. The molecule has 0 saturated carbocycles. The minimum atomic E-state index is -0.132. The molecule has 0 aliphatic rings. The van der Waals surface area contributed by atoms with Gasteiger partial charge in [-0.05, 0) is 36.7 Å². The first kappa shape index (κ1) is 12.3. The maximum atomic E-state index is 12.1. The van der Waals surface area contributed by atoms with Gasteiger partial charge in [-0.1, -0.05) is 18.2 Å². The molecule has 0 bridgehead atoms. The van der Waals surface area contributed by atoms with Gasteiger partial charge in [-0.15, -0.1) is 0 Å². The van der Waals surface area contributed by atoms with Crippen LogP contribution in [0.4, 0.5) is 5.69 Å². The fourth-order valence-corrected chi connectivity index (χ4v) is 1.75. The smallest absolute Gasteiger partial charge is 0.255 e. The van der Waals surface area contributed by atoms with Crippen LogP contribution in [0.25, 0.3) is 0 Å². The number of nitrogens with two attached hydrogens (primary N) is 1. The van der Waals surface area contributed by atoms with Gasteiger partial charge in [-0.2, -0.15) is 0 Å². The van der Waals surface area contributed by atoms with Crippen molar-refractivity contribution < 1.29 is 4.79 Å². The highest BCUT2D eigenvalue weighted by molar-refractivity contribution is 6.05. The molecule has 4 heteroatoms. The van der Waals surface area contributed by atoms with Gasteiger partial charge in [0.2, 0.25) is 0 Å².